The highest BCUT2D eigenvalue weighted by atomic mass is 35.5. The van der Waals surface area contributed by atoms with Crippen LogP contribution in [0.5, 0.6) is 5.75 Å². The maximum Gasteiger partial charge on any atom is 0.255 e. The van der Waals surface area contributed by atoms with E-state index in [1.54, 1.807) is 36.1 Å². The third-order valence-corrected chi connectivity index (χ3v) is 5.80. The predicted molar refractivity (Wildman–Crippen MR) is 137 cm³/mol. The van der Waals surface area contributed by atoms with E-state index in [1.807, 2.05) is 67.6 Å². The molecule has 0 bridgehead atoms. The summed E-state index contributed by atoms with van der Waals surface area (Å²) in [5.41, 5.74) is 2.73. The van der Waals surface area contributed by atoms with E-state index in [9.17, 15) is 9.59 Å². The van der Waals surface area contributed by atoms with E-state index in [4.69, 9.17) is 21.4 Å². The van der Waals surface area contributed by atoms with E-state index in [0.717, 1.165) is 11.3 Å². The molecule has 3 aromatic carbocycles. The van der Waals surface area contributed by atoms with Crippen LogP contribution in [0.15, 0.2) is 84.9 Å². The molecule has 4 rings (SSSR count). The summed E-state index contributed by atoms with van der Waals surface area (Å²) in [5.74, 6) is 0.551. The highest BCUT2D eigenvalue weighted by Gasteiger charge is 2.21. The van der Waals surface area contributed by atoms with Crippen molar-refractivity contribution in [3.8, 4) is 22.7 Å². The largest absolute Gasteiger partial charge is 0.497 e. The number of hydrogen-bond acceptors (Lipinski definition) is 4. The molecule has 7 nitrogen and oxygen atoms in total. The van der Waals surface area contributed by atoms with Crippen molar-refractivity contribution in [3.63, 3.8) is 0 Å². The van der Waals surface area contributed by atoms with Crippen molar-refractivity contribution >= 4 is 29.2 Å². The number of anilines is 1. The van der Waals surface area contributed by atoms with Gasteiger partial charge in [0.2, 0.25) is 5.91 Å². The number of amides is 2. The molecule has 178 valence electrons. The maximum absolute atomic E-state index is 13.0. The molecule has 0 spiro atoms. The Kier molecular flexibility index (Phi) is 7.48. The van der Waals surface area contributed by atoms with E-state index in [0.29, 0.717) is 34.4 Å². The summed E-state index contributed by atoms with van der Waals surface area (Å²) >= 11 is 6.19. The number of carbonyl (C=O) groups is 2. The molecule has 0 aliphatic carbocycles. The molecule has 0 saturated carbocycles. The van der Waals surface area contributed by atoms with Crippen LogP contribution in [0, 0.1) is 0 Å². The summed E-state index contributed by atoms with van der Waals surface area (Å²) < 4.78 is 6.91. The molecule has 2 amide bonds. The van der Waals surface area contributed by atoms with Crippen molar-refractivity contribution in [2.24, 2.45) is 0 Å². The molecule has 0 aliphatic rings. The lowest BCUT2D eigenvalue weighted by atomic mass is 10.1. The first-order valence-electron chi connectivity index (χ1n) is 11.1. The highest BCUT2D eigenvalue weighted by molar-refractivity contribution is 6.33. The molecule has 1 aromatic heterocycles. The summed E-state index contributed by atoms with van der Waals surface area (Å²) in [6.07, 6.45) is 0. The second-order valence-electron chi connectivity index (χ2n) is 7.74. The molecule has 0 atom stereocenters. The third kappa shape index (κ3) is 5.53. The number of nitrogens with zero attached hydrogens (tertiary/aromatic N) is 3. The Hall–Kier alpha value is -4.10. The van der Waals surface area contributed by atoms with Crippen molar-refractivity contribution in [1.29, 1.82) is 0 Å². The Morgan fingerprint density at radius 2 is 1.69 bits per heavy atom. The average Bonchev–Trinajstić information content (AvgIpc) is 3.31. The second-order valence-corrected chi connectivity index (χ2v) is 8.15. The standard InChI is InChI=1S/C27H25ClN4O3/c1-3-31(27(34)22-11-7-8-12-23(22)28)18-26(33)29-25-17-24(19-9-5-4-6-10-19)30-32(25)20-13-15-21(35-2)16-14-20/h4-17H,3,18H2,1-2H3,(H,29,33). The van der Waals surface area contributed by atoms with Crippen LogP contribution in [0.25, 0.3) is 16.9 Å². The Morgan fingerprint density at radius 3 is 2.34 bits per heavy atom. The number of likely N-dealkylation sites (N-methyl/N-ethyl adjacent to an activating group) is 1. The normalized spacial score (nSPS) is 10.6. The van der Waals surface area contributed by atoms with E-state index in [-0.39, 0.29) is 18.4 Å². The molecule has 0 radical (unpaired) electrons. The summed E-state index contributed by atoms with van der Waals surface area (Å²) in [5, 5.41) is 7.98. The van der Waals surface area contributed by atoms with Gasteiger partial charge in [-0.2, -0.15) is 5.10 Å². The first kappa shape index (κ1) is 24.0. The Morgan fingerprint density at radius 1 is 1.00 bits per heavy atom. The fourth-order valence-electron chi connectivity index (χ4n) is 3.63. The summed E-state index contributed by atoms with van der Waals surface area (Å²) in [6.45, 7) is 2.04. The van der Waals surface area contributed by atoms with E-state index >= 15 is 0 Å². The van der Waals surface area contributed by atoms with Crippen LogP contribution < -0.4 is 10.1 Å². The van der Waals surface area contributed by atoms with Gasteiger partial charge < -0.3 is 15.0 Å². The fourth-order valence-corrected chi connectivity index (χ4v) is 3.84. The minimum absolute atomic E-state index is 0.130. The van der Waals surface area contributed by atoms with Gasteiger partial charge in [0.25, 0.3) is 5.91 Å². The van der Waals surface area contributed by atoms with E-state index in [1.165, 1.54) is 4.90 Å². The van der Waals surface area contributed by atoms with Gasteiger partial charge in [0.1, 0.15) is 18.1 Å². The lowest BCUT2D eigenvalue weighted by molar-refractivity contribution is -0.116. The molecular formula is C27H25ClN4O3. The summed E-state index contributed by atoms with van der Waals surface area (Å²) in [7, 11) is 1.60. The SMILES string of the molecule is CCN(CC(=O)Nc1cc(-c2ccccc2)nn1-c1ccc(OC)cc1)C(=O)c1ccccc1Cl. The van der Waals surface area contributed by atoms with Crippen molar-refractivity contribution in [2.45, 2.75) is 6.92 Å². The van der Waals surface area contributed by atoms with Crippen LogP contribution in [0.2, 0.25) is 5.02 Å². The Bertz CT molecular complexity index is 1320. The molecule has 0 unspecified atom stereocenters. The zero-order chi connectivity index (χ0) is 24.8. The van der Waals surface area contributed by atoms with Gasteiger partial charge in [0, 0.05) is 18.2 Å². The first-order valence-corrected chi connectivity index (χ1v) is 11.5. The van der Waals surface area contributed by atoms with Crippen LogP contribution in [-0.2, 0) is 4.79 Å². The van der Waals surface area contributed by atoms with Crippen molar-refractivity contribution in [2.75, 3.05) is 25.5 Å². The molecule has 1 N–H and O–H groups in total. The molecule has 1 heterocycles. The minimum atomic E-state index is -0.346. The topological polar surface area (TPSA) is 76.5 Å². The average molecular weight is 489 g/mol. The van der Waals surface area contributed by atoms with Gasteiger partial charge in [-0.15, -0.1) is 0 Å². The van der Waals surface area contributed by atoms with Crippen LogP contribution >= 0.6 is 11.6 Å². The van der Waals surface area contributed by atoms with Crippen molar-refractivity contribution in [3.05, 3.63) is 95.5 Å². The van der Waals surface area contributed by atoms with Crippen LogP contribution in [0.4, 0.5) is 5.82 Å². The number of rotatable bonds is 8. The van der Waals surface area contributed by atoms with Gasteiger partial charge in [-0.05, 0) is 43.3 Å². The maximum atomic E-state index is 13.0. The van der Waals surface area contributed by atoms with Gasteiger partial charge in [0.05, 0.1) is 29.1 Å². The molecule has 35 heavy (non-hydrogen) atoms. The summed E-state index contributed by atoms with van der Waals surface area (Å²) in [4.78, 5) is 27.4. The number of aromatic nitrogens is 2. The number of benzene rings is 3. The lowest BCUT2D eigenvalue weighted by Crippen LogP contribution is -2.38. The van der Waals surface area contributed by atoms with Crippen molar-refractivity contribution in [1.82, 2.24) is 14.7 Å². The first-order chi connectivity index (χ1) is 17.0. The Labute approximate surface area is 208 Å². The van der Waals surface area contributed by atoms with Gasteiger partial charge in [-0.3, -0.25) is 9.59 Å². The molecular weight excluding hydrogens is 464 g/mol. The van der Waals surface area contributed by atoms with Crippen LogP contribution in [0.3, 0.4) is 0 Å². The zero-order valence-electron chi connectivity index (χ0n) is 19.4. The van der Waals surface area contributed by atoms with Gasteiger partial charge in [-0.1, -0.05) is 54.1 Å². The Balaban J connectivity index is 1.60. The minimum Gasteiger partial charge on any atom is -0.497 e. The number of methoxy groups -OCH3 is 1. The van der Waals surface area contributed by atoms with Crippen molar-refractivity contribution < 1.29 is 14.3 Å². The molecule has 8 heteroatoms. The quantitative estimate of drug-likeness (QED) is 0.365. The summed E-state index contributed by atoms with van der Waals surface area (Å²) in [6, 6.07) is 25.7. The third-order valence-electron chi connectivity index (χ3n) is 5.47. The number of carbonyl (C=O) groups excluding carboxylic acids is 2. The van der Waals surface area contributed by atoms with Gasteiger partial charge in [-0.25, -0.2) is 4.68 Å². The molecule has 0 saturated heterocycles. The number of nitrogens with one attached hydrogen (secondary N) is 1. The number of ether oxygens (including phenoxy) is 1. The fraction of sp³-hybridized carbons (Fsp3) is 0.148. The number of halogens is 1. The van der Waals surface area contributed by atoms with E-state index in [2.05, 4.69) is 5.32 Å². The van der Waals surface area contributed by atoms with Gasteiger partial charge in [0.15, 0.2) is 0 Å². The monoisotopic (exact) mass is 488 g/mol. The van der Waals surface area contributed by atoms with Crippen LogP contribution in [-0.4, -0.2) is 46.7 Å². The smallest absolute Gasteiger partial charge is 0.255 e. The second kappa shape index (κ2) is 10.9. The molecule has 0 aliphatic heterocycles. The molecule has 0 fully saturated rings. The zero-order valence-corrected chi connectivity index (χ0v) is 20.2. The van der Waals surface area contributed by atoms with Crippen LogP contribution in [0.1, 0.15) is 17.3 Å². The molecule has 4 aromatic rings. The lowest BCUT2D eigenvalue weighted by Gasteiger charge is -2.21. The number of hydrogen-bond donors (Lipinski definition) is 1. The highest BCUT2D eigenvalue weighted by Crippen LogP contribution is 2.26. The van der Waals surface area contributed by atoms with Gasteiger partial charge >= 0.3 is 0 Å². The van der Waals surface area contributed by atoms with E-state index < -0.39 is 0 Å². The predicted octanol–water partition coefficient (Wildman–Crippen LogP) is 5.30.